The van der Waals surface area contributed by atoms with Crippen molar-refractivity contribution in [3.05, 3.63) is 72.1 Å². The van der Waals surface area contributed by atoms with Crippen LogP contribution in [-0.4, -0.2) is 23.3 Å². The molecule has 0 radical (unpaired) electrons. The van der Waals surface area contributed by atoms with E-state index < -0.39 is 12.1 Å². The van der Waals surface area contributed by atoms with Crippen LogP contribution in [0.15, 0.2) is 65.1 Å². The van der Waals surface area contributed by atoms with E-state index in [1.807, 2.05) is 54.6 Å². The molecule has 3 aromatic rings. The first kappa shape index (κ1) is 17.4. The van der Waals surface area contributed by atoms with Gasteiger partial charge >= 0.3 is 5.97 Å². The van der Waals surface area contributed by atoms with Gasteiger partial charge in [0.1, 0.15) is 5.75 Å². The molecular formula is C20H18N2O4. The molecule has 1 aromatic heterocycles. The Morgan fingerprint density at radius 1 is 1.08 bits per heavy atom. The Morgan fingerprint density at radius 2 is 1.81 bits per heavy atom. The second kappa shape index (κ2) is 8.11. The summed E-state index contributed by atoms with van der Waals surface area (Å²) >= 11 is 0. The van der Waals surface area contributed by atoms with Crippen molar-refractivity contribution in [3.63, 3.8) is 0 Å². The van der Waals surface area contributed by atoms with E-state index in [4.69, 9.17) is 13.9 Å². The van der Waals surface area contributed by atoms with Crippen LogP contribution in [-0.2, 0) is 9.53 Å². The van der Waals surface area contributed by atoms with Gasteiger partial charge in [0, 0.05) is 17.2 Å². The summed E-state index contributed by atoms with van der Waals surface area (Å²) in [6.07, 6.45) is 2.31. The van der Waals surface area contributed by atoms with E-state index in [2.05, 4.69) is 10.2 Å². The molecule has 2 aromatic carbocycles. The van der Waals surface area contributed by atoms with Crippen molar-refractivity contribution in [1.82, 2.24) is 10.2 Å². The minimum absolute atomic E-state index is 0.239. The summed E-state index contributed by atoms with van der Waals surface area (Å²) in [7, 11) is 1.58. The van der Waals surface area contributed by atoms with Crippen molar-refractivity contribution < 1.29 is 18.7 Å². The summed E-state index contributed by atoms with van der Waals surface area (Å²) in [6.45, 7) is 1.68. The zero-order chi connectivity index (χ0) is 18.4. The second-order valence-corrected chi connectivity index (χ2v) is 5.47. The van der Waals surface area contributed by atoms with E-state index >= 15 is 0 Å². The number of carbonyl (C=O) groups is 1. The van der Waals surface area contributed by atoms with Crippen molar-refractivity contribution in [2.75, 3.05) is 7.11 Å². The highest BCUT2D eigenvalue weighted by atomic mass is 16.6. The fourth-order valence-electron chi connectivity index (χ4n) is 2.32. The summed E-state index contributed by atoms with van der Waals surface area (Å²) in [5, 5.41) is 7.94. The maximum absolute atomic E-state index is 12.0. The lowest BCUT2D eigenvalue weighted by molar-refractivity contribution is -0.143. The number of benzene rings is 2. The number of hydrogen-bond acceptors (Lipinski definition) is 6. The molecule has 0 bridgehead atoms. The number of ether oxygens (including phenoxy) is 2. The van der Waals surface area contributed by atoms with Gasteiger partial charge in [-0.15, -0.1) is 10.2 Å². The third-order valence-electron chi connectivity index (χ3n) is 3.64. The van der Waals surface area contributed by atoms with Crippen LogP contribution in [0.25, 0.3) is 17.5 Å². The predicted octanol–water partition coefficient (Wildman–Crippen LogP) is 4.06. The maximum Gasteiger partial charge on any atom is 0.331 e. The molecular weight excluding hydrogens is 332 g/mol. The molecule has 1 atom stereocenters. The Hall–Kier alpha value is -3.41. The minimum atomic E-state index is -0.658. The molecule has 0 unspecified atom stereocenters. The molecule has 0 aliphatic heterocycles. The highest BCUT2D eigenvalue weighted by molar-refractivity contribution is 5.87. The lowest BCUT2D eigenvalue weighted by Crippen LogP contribution is -2.06. The predicted molar refractivity (Wildman–Crippen MR) is 96.3 cm³/mol. The van der Waals surface area contributed by atoms with Gasteiger partial charge in [-0.05, 0) is 31.2 Å². The first-order valence-corrected chi connectivity index (χ1v) is 8.08. The number of para-hydroxylation sites is 1. The van der Waals surface area contributed by atoms with Crippen LogP contribution in [0, 0.1) is 0 Å². The lowest BCUT2D eigenvalue weighted by Gasteiger charge is -2.07. The highest BCUT2D eigenvalue weighted by Gasteiger charge is 2.18. The fourth-order valence-corrected chi connectivity index (χ4v) is 2.32. The van der Waals surface area contributed by atoms with Gasteiger partial charge in [0.25, 0.3) is 5.89 Å². The molecule has 0 amide bonds. The first-order chi connectivity index (χ1) is 12.7. The Balaban J connectivity index is 1.64. The number of methoxy groups -OCH3 is 1. The molecule has 6 nitrogen and oxygen atoms in total. The number of nitrogens with zero attached hydrogens (tertiary/aromatic N) is 2. The molecule has 132 valence electrons. The molecule has 0 aliphatic rings. The van der Waals surface area contributed by atoms with E-state index in [-0.39, 0.29) is 5.89 Å². The number of aromatic nitrogens is 2. The van der Waals surface area contributed by atoms with E-state index in [0.717, 1.165) is 11.1 Å². The minimum Gasteiger partial charge on any atom is -0.496 e. The van der Waals surface area contributed by atoms with E-state index in [9.17, 15) is 4.79 Å². The number of hydrogen-bond donors (Lipinski definition) is 0. The standard InChI is InChI=1S/C20H18N2O4/c1-14(19-21-22-20(26-19)16-9-4-3-5-10-16)25-18(23)13-12-15-8-6-7-11-17(15)24-2/h3-14H,1-2H3/b13-12+/t14-/m1/s1. The van der Waals surface area contributed by atoms with Crippen LogP contribution >= 0.6 is 0 Å². The zero-order valence-corrected chi connectivity index (χ0v) is 14.5. The van der Waals surface area contributed by atoms with Gasteiger partial charge in [-0.3, -0.25) is 0 Å². The fraction of sp³-hybridized carbons (Fsp3) is 0.150. The SMILES string of the molecule is COc1ccccc1/C=C/C(=O)O[C@H](C)c1nnc(-c2ccccc2)o1. The molecule has 0 saturated heterocycles. The van der Waals surface area contributed by atoms with Gasteiger partial charge in [-0.2, -0.15) is 0 Å². The third-order valence-corrected chi connectivity index (χ3v) is 3.64. The summed E-state index contributed by atoms with van der Waals surface area (Å²) < 4.78 is 16.1. The molecule has 0 fully saturated rings. The highest BCUT2D eigenvalue weighted by Crippen LogP contribution is 2.23. The van der Waals surface area contributed by atoms with Gasteiger partial charge in [0.05, 0.1) is 7.11 Å². The molecule has 0 saturated carbocycles. The van der Waals surface area contributed by atoms with Crippen LogP contribution in [0.2, 0.25) is 0 Å². The van der Waals surface area contributed by atoms with Crippen molar-refractivity contribution in [3.8, 4) is 17.2 Å². The normalized spacial score (nSPS) is 12.1. The van der Waals surface area contributed by atoms with Crippen molar-refractivity contribution >= 4 is 12.0 Å². The average Bonchev–Trinajstić information content (AvgIpc) is 3.17. The topological polar surface area (TPSA) is 74.5 Å². The van der Waals surface area contributed by atoms with Gasteiger partial charge in [-0.1, -0.05) is 36.4 Å². The number of esters is 1. The summed E-state index contributed by atoms with van der Waals surface area (Å²) in [6, 6.07) is 16.8. The monoisotopic (exact) mass is 350 g/mol. The van der Waals surface area contributed by atoms with Crippen LogP contribution in [0.3, 0.4) is 0 Å². The first-order valence-electron chi connectivity index (χ1n) is 8.08. The van der Waals surface area contributed by atoms with Crippen molar-refractivity contribution in [1.29, 1.82) is 0 Å². The lowest BCUT2D eigenvalue weighted by atomic mass is 10.2. The smallest absolute Gasteiger partial charge is 0.331 e. The Morgan fingerprint density at radius 3 is 2.58 bits per heavy atom. The number of carbonyl (C=O) groups excluding carboxylic acids is 1. The quantitative estimate of drug-likeness (QED) is 0.493. The third kappa shape index (κ3) is 4.16. The number of rotatable bonds is 6. The zero-order valence-electron chi connectivity index (χ0n) is 14.5. The van der Waals surface area contributed by atoms with E-state index in [0.29, 0.717) is 11.6 Å². The molecule has 0 N–H and O–H groups in total. The molecule has 1 heterocycles. The molecule has 3 rings (SSSR count). The van der Waals surface area contributed by atoms with Gasteiger partial charge in [0.2, 0.25) is 5.89 Å². The van der Waals surface area contributed by atoms with Gasteiger partial charge in [0.15, 0.2) is 6.10 Å². The van der Waals surface area contributed by atoms with Crippen LogP contribution in [0.5, 0.6) is 5.75 Å². The van der Waals surface area contributed by atoms with Crippen LogP contribution < -0.4 is 4.74 Å². The summed E-state index contributed by atoms with van der Waals surface area (Å²) in [5.41, 5.74) is 1.59. The van der Waals surface area contributed by atoms with Crippen LogP contribution in [0.1, 0.15) is 24.5 Å². The molecule has 0 aliphatic carbocycles. The largest absolute Gasteiger partial charge is 0.496 e. The van der Waals surface area contributed by atoms with Crippen molar-refractivity contribution in [2.24, 2.45) is 0 Å². The van der Waals surface area contributed by atoms with Gasteiger partial charge < -0.3 is 13.9 Å². The summed E-state index contributed by atoms with van der Waals surface area (Å²) in [4.78, 5) is 12.0. The summed E-state index contributed by atoms with van der Waals surface area (Å²) in [5.74, 6) is 0.785. The van der Waals surface area contributed by atoms with Crippen LogP contribution in [0.4, 0.5) is 0 Å². The Kier molecular flexibility index (Phi) is 5.43. The van der Waals surface area contributed by atoms with E-state index in [1.165, 1.54) is 6.08 Å². The molecule has 0 spiro atoms. The Bertz CT molecular complexity index is 903. The second-order valence-electron chi connectivity index (χ2n) is 5.47. The van der Waals surface area contributed by atoms with Gasteiger partial charge in [-0.25, -0.2) is 4.79 Å². The Labute approximate surface area is 151 Å². The average molecular weight is 350 g/mol. The van der Waals surface area contributed by atoms with Crippen molar-refractivity contribution in [2.45, 2.75) is 13.0 Å². The molecule has 26 heavy (non-hydrogen) atoms. The maximum atomic E-state index is 12.0. The van der Waals surface area contributed by atoms with E-state index in [1.54, 1.807) is 20.1 Å². The molecule has 6 heteroatoms.